The fraction of sp³-hybridized carbons (Fsp3) is 0.200. The van der Waals surface area contributed by atoms with Crippen molar-refractivity contribution in [1.29, 1.82) is 0 Å². The molecule has 6 heterocycles. The molecule has 66 heavy (non-hydrogen) atoms. The van der Waals surface area contributed by atoms with Gasteiger partial charge < -0.3 is 13.8 Å². The van der Waals surface area contributed by atoms with Crippen molar-refractivity contribution < 1.29 is 4.42 Å². The quantitative estimate of drug-likeness (QED) is 0.153. The van der Waals surface area contributed by atoms with Gasteiger partial charge in [-0.15, -0.1) is 22.7 Å². The lowest BCUT2D eigenvalue weighted by Crippen LogP contribution is -2.60. The zero-order valence-electron chi connectivity index (χ0n) is 38.3. The van der Waals surface area contributed by atoms with Gasteiger partial charge >= 0.3 is 6.85 Å². The van der Waals surface area contributed by atoms with Crippen LogP contribution in [0.25, 0.3) is 101 Å². The van der Waals surface area contributed by atoms with Gasteiger partial charge in [0, 0.05) is 90.1 Å². The molecule has 8 aromatic carbocycles. The number of benzene rings is 8. The summed E-state index contributed by atoms with van der Waals surface area (Å²) < 4.78 is 14.9. The van der Waals surface area contributed by atoms with Gasteiger partial charge in [-0.05, 0) is 123 Å². The van der Waals surface area contributed by atoms with Gasteiger partial charge in [0.15, 0.2) is 0 Å². The Labute approximate surface area is 392 Å². The summed E-state index contributed by atoms with van der Waals surface area (Å²) in [5.74, 6) is 0. The van der Waals surface area contributed by atoms with E-state index in [1.54, 1.807) is 0 Å². The molecule has 0 saturated carbocycles. The van der Waals surface area contributed by atoms with Gasteiger partial charge in [-0.3, -0.25) is 0 Å². The first-order valence-corrected chi connectivity index (χ1v) is 25.3. The minimum atomic E-state index is -0.107. The largest absolute Gasteiger partial charge is 0.456 e. The lowest BCUT2D eigenvalue weighted by Gasteiger charge is -2.42. The number of furan rings is 1. The van der Waals surface area contributed by atoms with E-state index < -0.39 is 0 Å². The highest BCUT2D eigenvalue weighted by Crippen LogP contribution is 2.56. The molecule has 0 N–H and O–H groups in total. The van der Waals surface area contributed by atoms with Crippen LogP contribution >= 0.6 is 22.7 Å². The molecule has 4 aromatic heterocycles. The zero-order valence-corrected chi connectivity index (χ0v) is 39.9. The van der Waals surface area contributed by atoms with Crippen molar-refractivity contribution >= 4 is 136 Å². The third-order valence-corrected chi connectivity index (χ3v) is 18.5. The fourth-order valence-corrected chi connectivity index (χ4v) is 15.1. The minimum absolute atomic E-state index is 0.0270. The summed E-state index contributed by atoms with van der Waals surface area (Å²) in [7, 11) is 0. The Morgan fingerprint density at radius 2 is 1.24 bits per heavy atom. The number of aromatic nitrogens is 1. The normalized spacial score (nSPS) is 16.2. The topological polar surface area (TPSA) is 21.3 Å². The first kappa shape index (κ1) is 37.8. The van der Waals surface area contributed by atoms with Crippen LogP contribution in [0.4, 0.5) is 11.4 Å². The molecule has 2 aliphatic heterocycles. The molecule has 0 radical (unpaired) electrons. The number of rotatable bonds is 1. The highest BCUT2D eigenvalue weighted by molar-refractivity contribution is 7.27. The Hall–Kier alpha value is -6.34. The molecule has 0 saturated heterocycles. The highest BCUT2D eigenvalue weighted by Gasteiger charge is 2.47. The van der Waals surface area contributed by atoms with Crippen molar-refractivity contribution in [3.05, 3.63) is 150 Å². The SMILES string of the molecule is CC(C)(C)c1ccc(N2B3c4cc5sc6ccccc6c5cc4-n4c5cc6c(cc5c5c7c(sc8ccccc87)c(c3c54)-c3cc4oc5ccccc5c4cc32)C(C)(C)CCC6(C)C)cc1. The molecule has 0 spiro atoms. The molecule has 0 fully saturated rings. The molecule has 15 rings (SSSR count). The number of hydrogen-bond donors (Lipinski definition) is 0. The summed E-state index contributed by atoms with van der Waals surface area (Å²) in [6.45, 7) is 16.7. The Morgan fingerprint density at radius 1 is 0.576 bits per heavy atom. The van der Waals surface area contributed by atoms with Crippen LogP contribution in [0.1, 0.15) is 78.0 Å². The first-order chi connectivity index (χ1) is 31.8. The van der Waals surface area contributed by atoms with Crippen molar-refractivity contribution in [3.8, 4) is 16.8 Å². The maximum absolute atomic E-state index is 6.81. The average molecular weight is 887 g/mol. The fourth-order valence-electron chi connectivity index (χ4n) is 12.7. The van der Waals surface area contributed by atoms with Crippen molar-refractivity contribution in [1.82, 2.24) is 4.57 Å². The number of nitrogens with zero attached hydrogens (tertiary/aromatic N) is 2. The molecule has 3 nitrogen and oxygen atoms in total. The van der Waals surface area contributed by atoms with Crippen LogP contribution in [0.15, 0.2) is 138 Å². The van der Waals surface area contributed by atoms with Crippen LogP contribution in [0.2, 0.25) is 0 Å². The smallest absolute Gasteiger partial charge is 0.333 e. The number of thiophene rings is 2. The Balaban J connectivity index is 1.20. The lowest BCUT2D eigenvalue weighted by molar-refractivity contribution is 0.332. The Bertz CT molecular complexity index is 4170. The summed E-state index contributed by atoms with van der Waals surface area (Å²) in [5, 5.41) is 10.4. The number of para-hydroxylation sites is 1. The van der Waals surface area contributed by atoms with E-state index >= 15 is 0 Å². The van der Waals surface area contributed by atoms with E-state index in [0.29, 0.717) is 0 Å². The third kappa shape index (κ3) is 4.74. The van der Waals surface area contributed by atoms with Crippen LogP contribution in [0, 0.1) is 0 Å². The molecule has 0 unspecified atom stereocenters. The van der Waals surface area contributed by atoms with Gasteiger partial charge in [-0.25, -0.2) is 0 Å². The molecule has 0 amide bonds. The van der Waals surface area contributed by atoms with Crippen molar-refractivity contribution in [2.75, 3.05) is 4.81 Å². The van der Waals surface area contributed by atoms with Gasteiger partial charge in [0.25, 0.3) is 0 Å². The van der Waals surface area contributed by atoms with Gasteiger partial charge in [-0.2, -0.15) is 0 Å². The van der Waals surface area contributed by atoms with E-state index in [1.165, 1.54) is 131 Å². The van der Waals surface area contributed by atoms with Crippen LogP contribution in [0.5, 0.6) is 0 Å². The number of anilines is 2. The van der Waals surface area contributed by atoms with E-state index in [2.05, 4.69) is 191 Å². The maximum atomic E-state index is 6.81. The van der Waals surface area contributed by atoms with Crippen LogP contribution in [0.3, 0.4) is 0 Å². The second-order valence-electron chi connectivity index (χ2n) is 21.9. The predicted molar refractivity (Wildman–Crippen MR) is 287 cm³/mol. The van der Waals surface area contributed by atoms with Crippen LogP contribution in [-0.2, 0) is 16.2 Å². The maximum Gasteiger partial charge on any atom is 0.333 e. The summed E-state index contributed by atoms with van der Waals surface area (Å²) in [4.78, 5) is 2.71. The number of fused-ring (bicyclic) bond motifs is 20. The summed E-state index contributed by atoms with van der Waals surface area (Å²) >= 11 is 3.90. The van der Waals surface area contributed by atoms with Crippen molar-refractivity contribution in [2.45, 2.75) is 77.6 Å². The summed E-state index contributed by atoms with van der Waals surface area (Å²) in [6, 6.07) is 51.5. The summed E-state index contributed by atoms with van der Waals surface area (Å²) in [5.41, 5.74) is 18.0. The standard InChI is InChI=1S/C60H47BN2OS2/c1-58(2,3)32-20-22-33(23-21-32)63-45-27-37-34-14-8-11-17-47(34)64-48(37)29-40(45)54-55-56-52(53-36-16-10-13-19-50(36)66-57(53)54)39-26-41-42(60(6,7)25-24-59(41,4)5)30-44(39)62(56)46-28-38-35-15-9-12-18-49(35)65-51(38)31-43(46)61(55)63/h8-23,26-31H,24-25H2,1-7H3. The van der Waals surface area contributed by atoms with E-state index in [0.717, 1.165) is 21.9 Å². The third-order valence-electron chi connectivity index (χ3n) is 16.2. The molecular formula is C60H47BN2OS2. The zero-order chi connectivity index (χ0) is 44.3. The Kier molecular flexibility index (Phi) is 7.08. The van der Waals surface area contributed by atoms with E-state index in [1.807, 2.05) is 22.7 Å². The molecule has 3 aliphatic rings. The molecule has 0 bridgehead atoms. The Morgan fingerprint density at radius 3 is 2.00 bits per heavy atom. The van der Waals surface area contributed by atoms with E-state index in [4.69, 9.17) is 4.42 Å². The molecule has 12 aromatic rings. The van der Waals surface area contributed by atoms with Gasteiger partial charge in [-0.1, -0.05) is 115 Å². The lowest BCUT2D eigenvalue weighted by atomic mass is 9.44. The second kappa shape index (κ2) is 12.4. The molecular weight excluding hydrogens is 840 g/mol. The summed E-state index contributed by atoms with van der Waals surface area (Å²) in [6.07, 6.45) is 2.34. The minimum Gasteiger partial charge on any atom is -0.456 e. The highest BCUT2D eigenvalue weighted by atomic mass is 32.1. The van der Waals surface area contributed by atoms with E-state index in [-0.39, 0.29) is 23.1 Å². The second-order valence-corrected chi connectivity index (χ2v) is 24.0. The van der Waals surface area contributed by atoms with E-state index in [9.17, 15) is 0 Å². The predicted octanol–water partition coefficient (Wildman–Crippen LogP) is 16.3. The van der Waals surface area contributed by atoms with Gasteiger partial charge in [0.1, 0.15) is 11.2 Å². The van der Waals surface area contributed by atoms with Crippen LogP contribution in [-0.4, -0.2) is 11.4 Å². The van der Waals surface area contributed by atoms with Crippen molar-refractivity contribution in [2.24, 2.45) is 0 Å². The monoisotopic (exact) mass is 886 g/mol. The molecule has 318 valence electrons. The molecule has 6 heteroatoms. The van der Waals surface area contributed by atoms with Gasteiger partial charge in [0.05, 0.1) is 11.0 Å². The van der Waals surface area contributed by atoms with Crippen molar-refractivity contribution in [3.63, 3.8) is 0 Å². The molecule has 0 atom stereocenters. The van der Waals surface area contributed by atoms with Crippen LogP contribution < -0.4 is 15.7 Å². The average Bonchev–Trinajstić information content (AvgIpc) is 4.07. The number of hydrogen-bond acceptors (Lipinski definition) is 4. The first-order valence-electron chi connectivity index (χ1n) is 23.7. The van der Waals surface area contributed by atoms with Gasteiger partial charge in [0.2, 0.25) is 0 Å². The molecule has 1 aliphatic carbocycles.